The first kappa shape index (κ1) is 25.2. The van der Waals surface area contributed by atoms with Crippen molar-refractivity contribution in [2.24, 2.45) is 5.92 Å². The molecule has 0 bridgehead atoms. The van der Waals surface area contributed by atoms with Crippen molar-refractivity contribution in [2.45, 2.75) is 42.5 Å². The number of amides is 1. The van der Waals surface area contributed by atoms with Gasteiger partial charge in [0.2, 0.25) is 9.84 Å². The zero-order valence-electron chi connectivity index (χ0n) is 19.0. The molecule has 0 unspecified atom stereocenters. The molecule has 1 amide bonds. The van der Waals surface area contributed by atoms with E-state index in [-0.39, 0.29) is 34.4 Å². The second kappa shape index (κ2) is 11.6. The Morgan fingerprint density at radius 2 is 1.82 bits per heavy atom. The third kappa shape index (κ3) is 6.77. The molecule has 1 heterocycles. The number of carbonyl (C=O) groups is 1. The maximum Gasteiger partial charge on any atom is 0.409 e. The van der Waals surface area contributed by atoms with Crippen LogP contribution >= 0.6 is 11.6 Å². The predicted molar refractivity (Wildman–Crippen MR) is 129 cm³/mol. The highest BCUT2D eigenvalue weighted by Crippen LogP contribution is 2.32. The molecule has 2 aromatic carbocycles. The summed E-state index contributed by atoms with van der Waals surface area (Å²) in [6.45, 7) is 5.86. The molecule has 0 saturated carbocycles. The number of sulfone groups is 1. The molecule has 1 aliphatic rings. The maximum atomic E-state index is 13.0. The van der Waals surface area contributed by atoms with Gasteiger partial charge in [-0.25, -0.2) is 13.2 Å². The molecule has 180 valence electrons. The van der Waals surface area contributed by atoms with Gasteiger partial charge in [-0.15, -0.1) is 11.6 Å². The SMILES string of the molecule is CC(C)COC(=O)N1CCC(Nc2ccc(S(=O)(=O)c3ccccc3)cc2OCCCl)CC1. The Morgan fingerprint density at radius 3 is 2.45 bits per heavy atom. The van der Waals surface area contributed by atoms with Crippen molar-refractivity contribution in [3.8, 4) is 5.75 Å². The zero-order chi connectivity index (χ0) is 23.8. The minimum Gasteiger partial charge on any atom is -0.490 e. The molecule has 33 heavy (non-hydrogen) atoms. The Morgan fingerprint density at radius 1 is 1.12 bits per heavy atom. The van der Waals surface area contributed by atoms with E-state index in [1.165, 1.54) is 6.07 Å². The average Bonchev–Trinajstić information content (AvgIpc) is 2.82. The fraction of sp³-hybridized carbons (Fsp3) is 0.458. The standard InChI is InChI=1S/C24H31ClN2O5S/c1-18(2)17-32-24(28)27-13-10-19(11-14-27)26-22-9-8-21(16-23(22)31-15-12-25)33(29,30)20-6-4-3-5-7-20/h3-9,16,18-19,26H,10-15,17H2,1-2H3. The minimum atomic E-state index is -3.66. The molecule has 9 heteroatoms. The third-order valence-corrected chi connectivity index (χ3v) is 7.23. The van der Waals surface area contributed by atoms with E-state index in [9.17, 15) is 13.2 Å². The fourth-order valence-electron chi connectivity index (χ4n) is 3.55. The number of anilines is 1. The molecular weight excluding hydrogens is 464 g/mol. The summed E-state index contributed by atoms with van der Waals surface area (Å²) in [6.07, 6.45) is 1.22. The predicted octanol–water partition coefficient (Wildman–Crippen LogP) is 4.81. The highest BCUT2D eigenvalue weighted by atomic mass is 35.5. The zero-order valence-corrected chi connectivity index (χ0v) is 20.6. The van der Waals surface area contributed by atoms with E-state index in [0.29, 0.717) is 37.1 Å². The monoisotopic (exact) mass is 494 g/mol. The van der Waals surface area contributed by atoms with Gasteiger partial charge in [-0.2, -0.15) is 0 Å². The normalized spacial score (nSPS) is 14.8. The number of hydrogen-bond acceptors (Lipinski definition) is 6. The van der Waals surface area contributed by atoms with Crippen LogP contribution in [-0.4, -0.2) is 57.6 Å². The van der Waals surface area contributed by atoms with Crippen LogP contribution in [0.15, 0.2) is 58.3 Å². The summed E-state index contributed by atoms with van der Waals surface area (Å²) in [4.78, 5) is 14.3. The number of piperidine rings is 1. The van der Waals surface area contributed by atoms with Crippen molar-refractivity contribution in [1.29, 1.82) is 0 Å². The lowest BCUT2D eigenvalue weighted by molar-refractivity contribution is 0.0845. The van der Waals surface area contributed by atoms with Crippen LogP contribution in [0.2, 0.25) is 0 Å². The van der Waals surface area contributed by atoms with Gasteiger partial charge in [0.15, 0.2) is 0 Å². The van der Waals surface area contributed by atoms with Gasteiger partial charge in [-0.3, -0.25) is 0 Å². The Hall–Kier alpha value is -2.45. The number of nitrogens with one attached hydrogen (secondary N) is 1. The number of likely N-dealkylation sites (tertiary alicyclic amines) is 1. The molecule has 0 radical (unpaired) electrons. The number of halogens is 1. The maximum absolute atomic E-state index is 13.0. The van der Waals surface area contributed by atoms with Crippen LogP contribution in [-0.2, 0) is 14.6 Å². The summed E-state index contributed by atoms with van der Waals surface area (Å²) in [5, 5.41) is 3.44. The van der Waals surface area contributed by atoms with E-state index in [0.717, 1.165) is 12.8 Å². The molecule has 1 N–H and O–H groups in total. The number of carbonyl (C=O) groups excluding carboxylic acids is 1. The van der Waals surface area contributed by atoms with Crippen LogP contribution < -0.4 is 10.1 Å². The van der Waals surface area contributed by atoms with Gasteiger partial charge in [-0.1, -0.05) is 32.0 Å². The minimum absolute atomic E-state index is 0.120. The number of nitrogens with zero attached hydrogens (tertiary/aromatic N) is 1. The van der Waals surface area contributed by atoms with E-state index < -0.39 is 9.84 Å². The van der Waals surface area contributed by atoms with Crippen molar-refractivity contribution in [1.82, 2.24) is 4.90 Å². The summed E-state index contributed by atoms with van der Waals surface area (Å²) in [7, 11) is -3.66. The van der Waals surface area contributed by atoms with Gasteiger partial charge in [0.1, 0.15) is 12.4 Å². The molecule has 3 rings (SSSR count). The Kier molecular flexibility index (Phi) is 8.86. The smallest absolute Gasteiger partial charge is 0.409 e. The second-order valence-electron chi connectivity index (χ2n) is 8.39. The third-order valence-electron chi connectivity index (χ3n) is 5.30. The van der Waals surface area contributed by atoms with Crippen LogP contribution in [0.25, 0.3) is 0 Å². The van der Waals surface area contributed by atoms with Gasteiger partial charge in [0, 0.05) is 25.2 Å². The lowest BCUT2D eigenvalue weighted by Crippen LogP contribution is -2.43. The average molecular weight is 495 g/mol. The van der Waals surface area contributed by atoms with Crippen molar-refractivity contribution in [3.63, 3.8) is 0 Å². The Bertz CT molecular complexity index is 1020. The quantitative estimate of drug-likeness (QED) is 0.504. The van der Waals surface area contributed by atoms with E-state index in [4.69, 9.17) is 21.1 Å². The first-order valence-corrected chi connectivity index (χ1v) is 13.1. The highest BCUT2D eigenvalue weighted by Gasteiger charge is 2.25. The van der Waals surface area contributed by atoms with E-state index in [1.54, 1.807) is 47.4 Å². The lowest BCUT2D eigenvalue weighted by Gasteiger charge is -2.32. The summed E-state index contributed by atoms with van der Waals surface area (Å²) < 4.78 is 37.1. The van der Waals surface area contributed by atoms with Gasteiger partial charge in [-0.05, 0) is 43.0 Å². The number of benzene rings is 2. The summed E-state index contributed by atoms with van der Waals surface area (Å²) >= 11 is 5.80. The summed E-state index contributed by atoms with van der Waals surface area (Å²) in [5.74, 6) is 1.02. The van der Waals surface area contributed by atoms with Crippen LogP contribution in [0, 0.1) is 5.92 Å². The summed E-state index contributed by atoms with van der Waals surface area (Å²) in [6, 6.07) is 13.3. The van der Waals surface area contributed by atoms with Crippen LogP contribution in [0.4, 0.5) is 10.5 Å². The van der Waals surface area contributed by atoms with Crippen LogP contribution in [0.5, 0.6) is 5.75 Å². The molecule has 1 fully saturated rings. The van der Waals surface area contributed by atoms with E-state index in [2.05, 4.69) is 5.32 Å². The van der Waals surface area contributed by atoms with Crippen molar-refractivity contribution < 1.29 is 22.7 Å². The van der Waals surface area contributed by atoms with Crippen molar-refractivity contribution >= 4 is 33.2 Å². The number of ether oxygens (including phenoxy) is 2. The molecule has 2 aromatic rings. The van der Waals surface area contributed by atoms with Crippen LogP contribution in [0.3, 0.4) is 0 Å². The molecule has 1 aliphatic heterocycles. The van der Waals surface area contributed by atoms with E-state index >= 15 is 0 Å². The largest absolute Gasteiger partial charge is 0.490 e. The molecule has 0 aromatic heterocycles. The summed E-state index contributed by atoms with van der Waals surface area (Å²) in [5.41, 5.74) is 0.702. The Balaban J connectivity index is 1.70. The van der Waals surface area contributed by atoms with Gasteiger partial charge >= 0.3 is 6.09 Å². The van der Waals surface area contributed by atoms with Gasteiger partial charge in [0.05, 0.1) is 28.0 Å². The van der Waals surface area contributed by atoms with Crippen molar-refractivity contribution in [2.75, 3.05) is 37.5 Å². The molecule has 0 spiro atoms. The second-order valence-corrected chi connectivity index (χ2v) is 10.7. The number of alkyl halides is 1. The van der Waals surface area contributed by atoms with E-state index in [1.807, 2.05) is 13.8 Å². The first-order chi connectivity index (χ1) is 15.8. The van der Waals surface area contributed by atoms with Gasteiger partial charge in [0.25, 0.3) is 0 Å². The molecule has 0 atom stereocenters. The highest BCUT2D eigenvalue weighted by molar-refractivity contribution is 7.91. The number of hydrogen-bond donors (Lipinski definition) is 1. The molecule has 1 saturated heterocycles. The van der Waals surface area contributed by atoms with Gasteiger partial charge < -0.3 is 19.7 Å². The number of rotatable bonds is 9. The molecule has 7 nitrogen and oxygen atoms in total. The fourth-order valence-corrected chi connectivity index (χ4v) is 4.92. The van der Waals surface area contributed by atoms with Crippen LogP contribution in [0.1, 0.15) is 26.7 Å². The lowest BCUT2D eigenvalue weighted by atomic mass is 10.0. The van der Waals surface area contributed by atoms with Crippen molar-refractivity contribution in [3.05, 3.63) is 48.5 Å². The topological polar surface area (TPSA) is 84.9 Å². The first-order valence-electron chi connectivity index (χ1n) is 11.1. The molecule has 0 aliphatic carbocycles. The molecular formula is C24H31ClN2O5S. The Labute approximate surface area is 200 Å².